The number of nitrogens with one attached hydrogen (secondary N) is 2. The molecule has 2 N–H and O–H groups in total. The van der Waals surface area contributed by atoms with Gasteiger partial charge in [-0.2, -0.15) is 0 Å². The zero-order valence-electron chi connectivity index (χ0n) is 8.40. The molecule has 2 aliphatic heterocycles. The lowest BCUT2D eigenvalue weighted by Gasteiger charge is -2.41. The first-order chi connectivity index (χ1) is 6.22. The highest BCUT2D eigenvalue weighted by Crippen LogP contribution is 2.24. The summed E-state index contributed by atoms with van der Waals surface area (Å²) in [6.45, 7) is 10.5. The highest BCUT2D eigenvalue weighted by atomic mass is 15.3. The predicted octanol–water partition coefficient (Wildman–Crippen LogP) is 0.997. The van der Waals surface area contributed by atoms with Crippen molar-refractivity contribution < 1.29 is 2.85 Å². The molecule has 0 saturated carbocycles. The minimum atomic E-state index is 0. The molecule has 2 heterocycles. The Morgan fingerprint density at radius 2 is 2.46 bits per heavy atom. The Hall–Kier alpha value is -0.540. The van der Waals surface area contributed by atoms with Gasteiger partial charge in [0, 0.05) is 40.4 Å². The van der Waals surface area contributed by atoms with Crippen LogP contribution in [0.2, 0.25) is 0 Å². The van der Waals surface area contributed by atoms with Crippen LogP contribution in [-0.2, 0) is 0 Å². The lowest BCUT2D eigenvalue weighted by Crippen LogP contribution is -2.55. The first-order valence-electron chi connectivity index (χ1n) is 5.08. The standard InChI is InChI=1S/C10H19N3.2H2/c1-9(2)13-5-3-4-10(7-13)6-11-8-12-10;;/h11-12H,1,3-8H2,2H3;2*1H. The molecule has 2 saturated heterocycles. The quantitative estimate of drug-likeness (QED) is 0.638. The summed E-state index contributed by atoms with van der Waals surface area (Å²) in [4.78, 5) is 2.39. The molecule has 1 spiro atoms. The predicted molar refractivity (Wildman–Crippen MR) is 58.6 cm³/mol. The van der Waals surface area contributed by atoms with Gasteiger partial charge in [0.2, 0.25) is 0 Å². The maximum atomic E-state index is 4.01. The van der Waals surface area contributed by atoms with Gasteiger partial charge in [-0.05, 0) is 19.8 Å². The second kappa shape index (κ2) is 3.31. The first kappa shape index (κ1) is 9.03. The van der Waals surface area contributed by atoms with Crippen molar-refractivity contribution in [3.8, 4) is 0 Å². The van der Waals surface area contributed by atoms with Crippen LogP contribution in [0.4, 0.5) is 0 Å². The van der Waals surface area contributed by atoms with Crippen molar-refractivity contribution in [2.75, 3.05) is 26.3 Å². The summed E-state index contributed by atoms with van der Waals surface area (Å²) in [5, 5.41) is 6.94. The third-order valence-corrected chi connectivity index (χ3v) is 3.17. The topological polar surface area (TPSA) is 27.3 Å². The van der Waals surface area contributed by atoms with E-state index in [0.717, 1.165) is 19.8 Å². The molecule has 0 aromatic carbocycles. The maximum Gasteiger partial charge on any atom is 0.0494 e. The molecule has 3 heteroatoms. The van der Waals surface area contributed by atoms with E-state index in [-0.39, 0.29) is 2.85 Å². The van der Waals surface area contributed by atoms with Crippen LogP contribution in [0.15, 0.2) is 12.3 Å². The molecule has 0 amide bonds. The summed E-state index contributed by atoms with van der Waals surface area (Å²) >= 11 is 0. The minimum Gasteiger partial charge on any atom is -0.374 e. The number of hydrogen-bond acceptors (Lipinski definition) is 3. The third kappa shape index (κ3) is 1.71. The zero-order chi connectivity index (χ0) is 9.31. The van der Waals surface area contributed by atoms with E-state index >= 15 is 0 Å². The Balaban J connectivity index is 0.000000980. The van der Waals surface area contributed by atoms with Gasteiger partial charge in [0.1, 0.15) is 0 Å². The van der Waals surface area contributed by atoms with E-state index in [1.807, 2.05) is 0 Å². The van der Waals surface area contributed by atoms with Crippen LogP contribution >= 0.6 is 0 Å². The monoisotopic (exact) mass is 185 g/mol. The van der Waals surface area contributed by atoms with Gasteiger partial charge in [-0.1, -0.05) is 6.58 Å². The molecule has 0 aromatic heterocycles. The average Bonchev–Trinajstić information content (AvgIpc) is 2.53. The summed E-state index contributed by atoms with van der Waals surface area (Å²) in [5.74, 6) is 0. The molecule has 13 heavy (non-hydrogen) atoms. The van der Waals surface area contributed by atoms with Gasteiger partial charge < -0.3 is 10.2 Å². The molecule has 2 aliphatic rings. The Morgan fingerprint density at radius 3 is 3.08 bits per heavy atom. The second-order valence-corrected chi connectivity index (χ2v) is 4.32. The van der Waals surface area contributed by atoms with E-state index in [4.69, 9.17) is 0 Å². The van der Waals surface area contributed by atoms with Gasteiger partial charge in [-0.15, -0.1) is 0 Å². The molecular formula is C10H23N3. The van der Waals surface area contributed by atoms with E-state index in [0.29, 0.717) is 5.54 Å². The molecule has 0 aliphatic carbocycles. The molecule has 1 unspecified atom stereocenters. The summed E-state index contributed by atoms with van der Waals surface area (Å²) in [7, 11) is 0. The van der Waals surface area contributed by atoms with Crippen molar-refractivity contribution in [2.24, 2.45) is 0 Å². The number of rotatable bonds is 1. The Kier molecular flexibility index (Phi) is 2.30. The maximum absolute atomic E-state index is 4.01. The fraction of sp³-hybridized carbons (Fsp3) is 0.800. The van der Waals surface area contributed by atoms with Gasteiger partial charge in [-0.3, -0.25) is 5.32 Å². The van der Waals surface area contributed by atoms with Crippen molar-refractivity contribution in [1.29, 1.82) is 0 Å². The number of hydrogen-bond donors (Lipinski definition) is 2. The molecule has 0 radical (unpaired) electrons. The minimum absolute atomic E-state index is 0. The average molecular weight is 185 g/mol. The van der Waals surface area contributed by atoms with E-state index in [9.17, 15) is 0 Å². The van der Waals surface area contributed by atoms with Crippen LogP contribution < -0.4 is 10.6 Å². The van der Waals surface area contributed by atoms with Gasteiger partial charge in [0.05, 0.1) is 0 Å². The fourth-order valence-electron chi connectivity index (χ4n) is 2.36. The van der Waals surface area contributed by atoms with Crippen LogP contribution in [0.1, 0.15) is 22.6 Å². The van der Waals surface area contributed by atoms with E-state index < -0.39 is 0 Å². The summed E-state index contributed by atoms with van der Waals surface area (Å²) < 4.78 is 0. The lowest BCUT2D eigenvalue weighted by molar-refractivity contribution is 0.177. The van der Waals surface area contributed by atoms with Crippen molar-refractivity contribution in [1.82, 2.24) is 15.5 Å². The number of allylic oxidation sites excluding steroid dienone is 1. The smallest absolute Gasteiger partial charge is 0.0494 e. The number of likely N-dealkylation sites (tertiary alicyclic amines) is 1. The van der Waals surface area contributed by atoms with Crippen molar-refractivity contribution in [3.05, 3.63) is 12.3 Å². The first-order valence-corrected chi connectivity index (χ1v) is 5.08. The summed E-state index contributed by atoms with van der Waals surface area (Å²) in [5.41, 5.74) is 1.53. The van der Waals surface area contributed by atoms with E-state index in [1.54, 1.807) is 0 Å². The summed E-state index contributed by atoms with van der Waals surface area (Å²) in [6, 6.07) is 0. The van der Waals surface area contributed by atoms with Crippen LogP contribution in [-0.4, -0.2) is 36.7 Å². The van der Waals surface area contributed by atoms with E-state index in [1.165, 1.54) is 25.1 Å². The SMILES string of the molecule is C=C(C)N1CCCC2(CNCN2)C1.[HH].[HH]. The highest BCUT2D eigenvalue weighted by molar-refractivity contribution is 5.04. The van der Waals surface area contributed by atoms with Crippen molar-refractivity contribution in [2.45, 2.75) is 25.3 Å². The molecule has 3 nitrogen and oxygen atoms in total. The Labute approximate surface area is 83.2 Å². The molecule has 2 fully saturated rings. The van der Waals surface area contributed by atoms with Crippen LogP contribution in [0.5, 0.6) is 0 Å². The van der Waals surface area contributed by atoms with Gasteiger partial charge in [0.15, 0.2) is 0 Å². The largest absolute Gasteiger partial charge is 0.374 e. The molecule has 2 rings (SSSR count). The van der Waals surface area contributed by atoms with E-state index in [2.05, 4.69) is 29.0 Å². The van der Waals surface area contributed by atoms with Crippen LogP contribution in [0, 0.1) is 0 Å². The number of piperidine rings is 1. The molecule has 0 aromatic rings. The van der Waals surface area contributed by atoms with Crippen molar-refractivity contribution >= 4 is 0 Å². The van der Waals surface area contributed by atoms with Gasteiger partial charge in [0.25, 0.3) is 0 Å². The molecule has 1 atom stereocenters. The normalized spacial score (nSPS) is 34.1. The summed E-state index contributed by atoms with van der Waals surface area (Å²) in [6.07, 6.45) is 2.57. The third-order valence-electron chi connectivity index (χ3n) is 3.17. The van der Waals surface area contributed by atoms with Crippen molar-refractivity contribution in [3.63, 3.8) is 0 Å². The second-order valence-electron chi connectivity index (χ2n) is 4.32. The molecular weight excluding hydrogens is 162 g/mol. The van der Waals surface area contributed by atoms with Crippen LogP contribution in [0.25, 0.3) is 0 Å². The fourth-order valence-corrected chi connectivity index (χ4v) is 2.36. The zero-order valence-corrected chi connectivity index (χ0v) is 8.40. The Bertz CT molecular complexity index is 215. The van der Waals surface area contributed by atoms with Gasteiger partial charge >= 0.3 is 0 Å². The molecule has 0 bridgehead atoms. The Morgan fingerprint density at radius 1 is 1.62 bits per heavy atom. The van der Waals surface area contributed by atoms with Crippen LogP contribution in [0.3, 0.4) is 0 Å². The highest BCUT2D eigenvalue weighted by Gasteiger charge is 2.37. The lowest BCUT2D eigenvalue weighted by atomic mass is 9.90. The molecule has 78 valence electrons. The number of nitrogens with zero attached hydrogens (tertiary/aromatic N) is 1. The van der Waals surface area contributed by atoms with Gasteiger partial charge in [-0.25, -0.2) is 0 Å².